The van der Waals surface area contributed by atoms with Gasteiger partial charge in [-0.15, -0.1) is 0 Å². The number of ether oxygens (including phenoxy) is 1. The lowest BCUT2D eigenvalue weighted by Gasteiger charge is -2.05. The number of hydrogen-bond donors (Lipinski definition) is 1. The minimum Gasteiger partial charge on any atom is -0.494 e. The highest BCUT2D eigenvalue weighted by atomic mass is 79.9. The third-order valence-electron chi connectivity index (χ3n) is 1.92. The van der Waals surface area contributed by atoms with Gasteiger partial charge in [0.2, 0.25) is 0 Å². The average molecular weight is 309 g/mol. The molecule has 6 heteroatoms. The normalized spacial score (nSPS) is 11.4. The van der Waals surface area contributed by atoms with Gasteiger partial charge in [0.15, 0.2) is 0 Å². The third kappa shape index (κ3) is 4.51. The maximum Gasteiger partial charge on any atom is 0.294 e. The van der Waals surface area contributed by atoms with E-state index in [2.05, 4.69) is 15.9 Å². The zero-order chi connectivity index (χ0) is 12.0. The summed E-state index contributed by atoms with van der Waals surface area (Å²) >= 11 is 3.32. The third-order valence-corrected chi connectivity index (χ3v) is 3.35. The number of hydrogen-bond acceptors (Lipinski definition) is 3. The second-order valence-corrected chi connectivity index (χ2v) is 5.41. The average Bonchev–Trinajstić information content (AvgIpc) is 2.24. The maximum atomic E-state index is 10.8. The maximum absolute atomic E-state index is 10.8. The summed E-state index contributed by atoms with van der Waals surface area (Å²) in [5.41, 5.74) is 0. The van der Waals surface area contributed by atoms with Crippen LogP contribution in [0.4, 0.5) is 0 Å². The van der Waals surface area contributed by atoms with Crippen molar-refractivity contribution in [1.29, 1.82) is 0 Å². The van der Waals surface area contributed by atoms with Gasteiger partial charge in [0.1, 0.15) is 5.75 Å². The molecule has 0 spiro atoms. The molecule has 0 atom stereocenters. The highest BCUT2D eigenvalue weighted by Gasteiger charge is 2.08. The van der Waals surface area contributed by atoms with E-state index in [1.807, 2.05) is 0 Å². The van der Waals surface area contributed by atoms with Crippen LogP contribution in [0.3, 0.4) is 0 Å². The molecular formula is C10H13BrO4S. The zero-order valence-corrected chi connectivity index (χ0v) is 11.0. The number of unbranched alkanes of at least 4 members (excludes halogenated alkanes) is 1. The van der Waals surface area contributed by atoms with Crippen molar-refractivity contribution in [2.75, 3.05) is 11.9 Å². The van der Waals surface area contributed by atoms with Crippen LogP contribution in [0.15, 0.2) is 29.2 Å². The van der Waals surface area contributed by atoms with Crippen LogP contribution in [0.2, 0.25) is 0 Å². The predicted octanol–water partition coefficient (Wildman–Crippen LogP) is 2.49. The van der Waals surface area contributed by atoms with Gasteiger partial charge in [0, 0.05) is 5.33 Å². The van der Waals surface area contributed by atoms with Gasteiger partial charge in [-0.05, 0) is 37.1 Å². The molecule has 0 amide bonds. The summed E-state index contributed by atoms with van der Waals surface area (Å²) in [5, 5.41) is 0.943. The summed E-state index contributed by atoms with van der Waals surface area (Å²) in [6.07, 6.45) is 1.97. The van der Waals surface area contributed by atoms with Crippen molar-refractivity contribution in [3.8, 4) is 5.75 Å². The van der Waals surface area contributed by atoms with Crippen molar-refractivity contribution < 1.29 is 17.7 Å². The zero-order valence-electron chi connectivity index (χ0n) is 8.60. The van der Waals surface area contributed by atoms with Crippen LogP contribution in [0.5, 0.6) is 5.75 Å². The second kappa shape index (κ2) is 6.22. The molecule has 1 aromatic carbocycles. The molecule has 16 heavy (non-hydrogen) atoms. The second-order valence-electron chi connectivity index (χ2n) is 3.19. The van der Waals surface area contributed by atoms with E-state index in [4.69, 9.17) is 9.29 Å². The largest absolute Gasteiger partial charge is 0.494 e. The van der Waals surface area contributed by atoms with E-state index in [9.17, 15) is 8.42 Å². The molecular weight excluding hydrogens is 296 g/mol. The highest BCUT2D eigenvalue weighted by molar-refractivity contribution is 9.09. The minimum absolute atomic E-state index is 0.125. The first kappa shape index (κ1) is 13.5. The molecule has 0 radical (unpaired) electrons. The molecule has 0 aromatic heterocycles. The summed E-state index contributed by atoms with van der Waals surface area (Å²) in [6.45, 7) is 0.594. The van der Waals surface area contributed by atoms with E-state index in [-0.39, 0.29) is 4.90 Å². The van der Waals surface area contributed by atoms with Crippen LogP contribution in [-0.4, -0.2) is 24.9 Å². The fraction of sp³-hybridized carbons (Fsp3) is 0.400. The molecule has 0 saturated heterocycles. The lowest BCUT2D eigenvalue weighted by Crippen LogP contribution is -2.00. The smallest absolute Gasteiger partial charge is 0.294 e. The molecule has 0 aliphatic rings. The Balaban J connectivity index is 2.52. The van der Waals surface area contributed by atoms with Gasteiger partial charge < -0.3 is 4.74 Å². The molecule has 1 N–H and O–H groups in total. The molecule has 1 rings (SSSR count). The van der Waals surface area contributed by atoms with E-state index in [0.717, 1.165) is 18.2 Å². The molecule has 1 aromatic rings. The quantitative estimate of drug-likeness (QED) is 0.498. The summed E-state index contributed by atoms with van der Waals surface area (Å²) in [5.74, 6) is 0.599. The van der Waals surface area contributed by atoms with Gasteiger partial charge in [-0.3, -0.25) is 4.55 Å². The van der Waals surface area contributed by atoms with E-state index >= 15 is 0 Å². The lowest BCUT2D eigenvalue weighted by atomic mass is 10.3. The van der Waals surface area contributed by atoms with E-state index in [1.165, 1.54) is 24.3 Å². The molecule has 4 nitrogen and oxygen atoms in total. The molecule has 90 valence electrons. The molecule has 0 unspecified atom stereocenters. The van der Waals surface area contributed by atoms with Crippen molar-refractivity contribution in [3.63, 3.8) is 0 Å². The summed E-state index contributed by atoms with van der Waals surface area (Å²) in [6, 6.07) is 5.68. The fourth-order valence-electron chi connectivity index (χ4n) is 1.09. The Morgan fingerprint density at radius 3 is 2.31 bits per heavy atom. The van der Waals surface area contributed by atoms with E-state index < -0.39 is 10.1 Å². The van der Waals surface area contributed by atoms with E-state index in [0.29, 0.717) is 12.4 Å². The Morgan fingerprint density at radius 1 is 1.19 bits per heavy atom. The lowest BCUT2D eigenvalue weighted by molar-refractivity contribution is 0.310. The Morgan fingerprint density at radius 2 is 1.81 bits per heavy atom. The van der Waals surface area contributed by atoms with Gasteiger partial charge in [0.05, 0.1) is 11.5 Å². The molecule has 0 aliphatic carbocycles. The molecule has 0 heterocycles. The summed E-state index contributed by atoms with van der Waals surface area (Å²) < 4.78 is 35.6. The SMILES string of the molecule is O=S(=O)(O)c1ccc(OCCCCBr)cc1. The van der Waals surface area contributed by atoms with Gasteiger partial charge in [-0.2, -0.15) is 8.42 Å². The number of rotatable bonds is 6. The first-order valence-corrected chi connectivity index (χ1v) is 7.36. The van der Waals surface area contributed by atoms with Crippen LogP contribution in [0.25, 0.3) is 0 Å². The highest BCUT2D eigenvalue weighted by Crippen LogP contribution is 2.15. The van der Waals surface area contributed by atoms with Crippen LogP contribution in [-0.2, 0) is 10.1 Å². The Labute approximate surface area is 104 Å². The Hall–Kier alpha value is -0.590. The molecule has 0 bridgehead atoms. The van der Waals surface area contributed by atoms with E-state index in [1.54, 1.807) is 0 Å². The standard InChI is InChI=1S/C10H13BrO4S/c11-7-1-2-8-15-9-3-5-10(6-4-9)16(12,13)14/h3-6H,1-2,7-8H2,(H,12,13,14). The van der Waals surface area contributed by atoms with Crippen molar-refractivity contribution in [3.05, 3.63) is 24.3 Å². The summed E-state index contributed by atoms with van der Waals surface area (Å²) in [7, 11) is -4.11. The first-order chi connectivity index (χ1) is 7.54. The monoisotopic (exact) mass is 308 g/mol. The minimum atomic E-state index is -4.11. The first-order valence-electron chi connectivity index (χ1n) is 4.80. The molecule has 0 saturated carbocycles. The van der Waals surface area contributed by atoms with Crippen LogP contribution < -0.4 is 4.74 Å². The van der Waals surface area contributed by atoms with Gasteiger partial charge in [-0.25, -0.2) is 0 Å². The van der Waals surface area contributed by atoms with Crippen LogP contribution in [0.1, 0.15) is 12.8 Å². The van der Waals surface area contributed by atoms with Gasteiger partial charge in [-0.1, -0.05) is 15.9 Å². The topological polar surface area (TPSA) is 63.6 Å². The number of alkyl halides is 1. The van der Waals surface area contributed by atoms with Crippen molar-refractivity contribution in [1.82, 2.24) is 0 Å². The fourth-order valence-corrected chi connectivity index (χ4v) is 1.97. The van der Waals surface area contributed by atoms with Gasteiger partial charge in [0.25, 0.3) is 10.1 Å². The Bertz CT molecular complexity index is 413. The summed E-state index contributed by atoms with van der Waals surface area (Å²) in [4.78, 5) is -0.125. The Kier molecular flexibility index (Phi) is 5.24. The van der Waals surface area contributed by atoms with Gasteiger partial charge >= 0.3 is 0 Å². The predicted molar refractivity (Wildman–Crippen MR) is 64.8 cm³/mol. The number of benzene rings is 1. The van der Waals surface area contributed by atoms with Crippen molar-refractivity contribution in [2.45, 2.75) is 17.7 Å². The molecule has 0 fully saturated rings. The van der Waals surface area contributed by atoms with Crippen molar-refractivity contribution in [2.24, 2.45) is 0 Å². The number of halogens is 1. The molecule has 0 aliphatic heterocycles. The van der Waals surface area contributed by atoms with Crippen LogP contribution >= 0.6 is 15.9 Å². The van der Waals surface area contributed by atoms with Crippen LogP contribution in [0, 0.1) is 0 Å². The van der Waals surface area contributed by atoms with Crippen molar-refractivity contribution >= 4 is 26.0 Å².